The first-order valence-corrected chi connectivity index (χ1v) is 6.35. The molecule has 0 aliphatic heterocycles. The van der Waals surface area contributed by atoms with E-state index < -0.39 is 0 Å². The summed E-state index contributed by atoms with van der Waals surface area (Å²) in [4.78, 5) is 12.0. The number of phenols is 1. The van der Waals surface area contributed by atoms with Crippen LogP contribution in [0.4, 0.5) is 5.69 Å². The third-order valence-corrected chi connectivity index (χ3v) is 3.19. The summed E-state index contributed by atoms with van der Waals surface area (Å²) < 4.78 is 0. The van der Waals surface area contributed by atoms with Crippen LogP contribution in [-0.2, 0) is 0 Å². The lowest BCUT2D eigenvalue weighted by atomic mass is 10.2. The first kappa shape index (κ1) is 14.0. The van der Waals surface area contributed by atoms with Crippen LogP contribution in [-0.4, -0.2) is 11.0 Å². The fraction of sp³-hybridized carbons (Fsp3) is 0. The molecule has 0 radical (unpaired) electrons. The number of rotatable bonds is 2. The highest BCUT2D eigenvalue weighted by Gasteiger charge is 2.12. The third-order valence-electron chi connectivity index (χ3n) is 2.37. The van der Waals surface area contributed by atoms with Crippen LogP contribution in [0.15, 0.2) is 36.4 Å². The molecule has 0 unspecified atom stereocenters. The molecular weight excluding hydrogens is 309 g/mol. The topological polar surface area (TPSA) is 49.3 Å². The fourth-order valence-corrected chi connectivity index (χ4v) is 2.37. The maximum atomic E-state index is 12.0. The number of benzene rings is 2. The molecule has 2 rings (SSSR count). The molecule has 0 bridgehead atoms. The minimum atomic E-state index is -0.383. The zero-order valence-electron chi connectivity index (χ0n) is 9.45. The van der Waals surface area contributed by atoms with Gasteiger partial charge >= 0.3 is 0 Å². The van der Waals surface area contributed by atoms with Gasteiger partial charge in [0.1, 0.15) is 5.75 Å². The predicted molar refractivity (Wildman–Crippen MR) is 77.5 cm³/mol. The number of phenolic OH excluding ortho intramolecular Hbond substituents is 1. The smallest absolute Gasteiger partial charge is 0.255 e. The van der Waals surface area contributed by atoms with Crippen molar-refractivity contribution in [3.63, 3.8) is 0 Å². The second-order valence-corrected chi connectivity index (χ2v) is 5.00. The van der Waals surface area contributed by atoms with E-state index in [4.69, 9.17) is 39.9 Å². The van der Waals surface area contributed by atoms with E-state index in [2.05, 4.69) is 5.32 Å². The summed E-state index contributed by atoms with van der Waals surface area (Å²) in [6, 6.07) is 8.79. The Balaban J connectivity index is 2.26. The molecule has 0 aromatic heterocycles. The molecule has 3 nitrogen and oxygen atoms in total. The van der Waals surface area contributed by atoms with Crippen molar-refractivity contribution in [1.29, 1.82) is 0 Å². The molecule has 1 amide bonds. The van der Waals surface area contributed by atoms with E-state index >= 15 is 0 Å². The van der Waals surface area contributed by atoms with Crippen molar-refractivity contribution < 1.29 is 9.90 Å². The largest absolute Gasteiger partial charge is 0.508 e. The molecule has 0 atom stereocenters. The number of hydrogen-bond acceptors (Lipinski definition) is 2. The Morgan fingerprint density at radius 2 is 1.53 bits per heavy atom. The lowest BCUT2D eigenvalue weighted by Gasteiger charge is -2.09. The number of carbonyl (C=O) groups is 1. The highest BCUT2D eigenvalue weighted by Crippen LogP contribution is 2.33. The van der Waals surface area contributed by atoms with Crippen LogP contribution in [0.1, 0.15) is 10.4 Å². The number of halogens is 3. The van der Waals surface area contributed by atoms with Crippen LogP contribution in [0, 0.1) is 0 Å². The lowest BCUT2D eigenvalue weighted by molar-refractivity contribution is 0.102. The molecule has 0 fully saturated rings. The molecule has 2 aromatic carbocycles. The van der Waals surface area contributed by atoms with Gasteiger partial charge in [-0.25, -0.2) is 0 Å². The SMILES string of the molecule is O=C(Nc1c(Cl)cc(Cl)cc1Cl)c1ccc(O)cc1. The average Bonchev–Trinajstić information content (AvgIpc) is 2.34. The Morgan fingerprint density at radius 3 is 2.05 bits per heavy atom. The highest BCUT2D eigenvalue weighted by atomic mass is 35.5. The molecule has 0 saturated carbocycles. The monoisotopic (exact) mass is 315 g/mol. The molecule has 2 aromatic rings. The molecule has 0 heterocycles. The summed E-state index contributed by atoms with van der Waals surface area (Å²) in [6.45, 7) is 0. The van der Waals surface area contributed by atoms with Gasteiger partial charge in [-0.15, -0.1) is 0 Å². The second kappa shape index (κ2) is 5.70. The summed E-state index contributed by atoms with van der Waals surface area (Å²) in [6.07, 6.45) is 0. The van der Waals surface area contributed by atoms with Gasteiger partial charge in [-0.05, 0) is 36.4 Å². The average molecular weight is 317 g/mol. The summed E-state index contributed by atoms with van der Waals surface area (Å²) in [5.41, 5.74) is 0.672. The molecule has 0 aliphatic rings. The van der Waals surface area contributed by atoms with Gasteiger partial charge in [-0.2, -0.15) is 0 Å². The van der Waals surface area contributed by atoms with Crippen molar-refractivity contribution in [2.24, 2.45) is 0 Å². The molecular formula is C13H8Cl3NO2. The summed E-state index contributed by atoms with van der Waals surface area (Å²) >= 11 is 17.7. The normalized spacial score (nSPS) is 10.3. The van der Waals surface area contributed by atoms with Gasteiger partial charge in [0.15, 0.2) is 0 Å². The number of amides is 1. The van der Waals surface area contributed by atoms with E-state index in [9.17, 15) is 4.79 Å². The Labute approximate surface area is 124 Å². The predicted octanol–water partition coefficient (Wildman–Crippen LogP) is 4.60. The van der Waals surface area contributed by atoms with Crippen LogP contribution < -0.4 is 5.32 Å². The Bertz CT molecular complexity index is 603. The van der Waals surface area contributed by atoms with E-state index in [1.54, 1.807) is 0 Å². The quantitative estimate of drug-likeness (QED) is 0.850. The van der Waals surface area contributed by atoms with Gasteiger partial charge in [0.2, 0.25) is 0 Å². The number of aromatic hydroxyl groups is 1. The van der Waals surface area contributed by atoms with Gasteiger partial charge in [0.05, 0.1) is 15.7 Å². The van der Waals surface area contributed by atoms with Gasteiger partial charge in [0.25, 0.3) is 5.91 Å². The van der Waals surface area contributed by atoms with Crippen molar-refractivity contribution in [1.82, 2.24) is 0 Å². The van der Waals surface area contributed by atoms with Gasteiger partial charge in [-0.1, -0.05) is 34.8 Å². The Hall–Kier alpha value is -1.42. The van der Waals surface area contributed by atoms with Crippen molar-refractivity contribution >= 4 is 46.4 Å². The van der Waals surface area contributed by atoms with E-state index in [1.807, 2.05) is 0 Å². The molecule has 6 heteroatoms. The van der Waals surface area contributed by atoms with Crippen molar-refractivity contribution in [2.45, 2.75) is 0 Å². The minimum Gasteiger partial charge on any atom is -0.508 e. The molecule has 0 spiro atoms. The van der Waals surface area contributed by atoms with Gasteiger partial charge in [0, 0.05) is 10.6 Å². The van der Waals surface area contributed by atoms with E-state index in [0.29, 0.717) is 16.3 Å². The zero-order valence-corrected chi connectivity index (χ0v) is 11.7. The summed E-state index contributed by atoms with van der Waals surface area (Å²) in [7, 11) is 0. The molecule has 98 valence electrons. The molecule has 0 saturated heterocycles. The lowest BCUT2D eigenvalue weighted by Crippen LogP contribution is -2.12. The van der Waals surface area contributed by atoms with Crippen molar-refractivity contribution in [3.05, 3.63) is 57.0 Å². The molecule has 0 aliphatic carbocycles. The van der Waals surface area contributed by atoms with Crippen LogP contribution >= 0.6 is 34.8 Å². The van der Waals surface area contributed by atoms with Gasteiger partial charge < -0.3 is 10.4 Å². The Morgan fingerprint density at radius 1 is 1.00 bits per heavy atom. The fourth-order valence-electron chi connectivity index (χ4n) is 1.46. The maximum absolute atomic E-state index is 12.0. The van der Waals surface area contributed by atoms with Crippen molar-refractivity contribution in [3.8, 4) is 5.75 Å². The summed E-state index contributed by atoms with van der Waals surface area (Å²) in [5.74, 6) is -0.301. The zero-order chi connectivity index (χ0) is 14.0. The second-order valence-electron chi connectivity index (χ2n) is 3.75. The van der Waals surface area contributed by atoms with E-state index in [0.717, 1.165) is 0 Å². The number of nitrogens with one attached hydrogen (secondary N) is 1. The van der Waals surface area contributed by atoms with Crippen LogP contribution in [0.3, 0.4) is 0 Å². The standard InChI is InChI=1S/C13H8Cl3NO2/c14-8-5-10(15)12(11(16)6-8)17-13(19)7-1-3-9(18)4-2-7/h1-6,18H,(H,17,19). The third kappa shape index (κ3) is 3.32. The van der Waals surface area contributed by atoms with E-state index in [-0.39, 0.29) is 21.7 Å². The first-order chi connectivity index (χ1) is 8.97. The minimum absolute atomic E-state index is 0.0825. The number of carbonyl (C=O) groups excluding carboxylic acids is 1. The van der Waals surface area contributed by atoms with Crippen LogP contribution in [0.2, 0.25) is 15.1 Å². The van der Waals surface area contributed by atoms with Crippen molar-refractivity contribution in [2.75, 3.05) is 5.32 Å². The number of anilines is 1. The maximum Gasteiger partial charge on any atom is 0.255 e. The molecule has 19 heavy (non-hydrogen) atoms. The summed E-state index contributed by atoms with van der Waals surface area (Å²) in [5, 5.41) is 12.7. The van der Waals surface area contributed by atoms with E-state index in [1.165, 1.54) is 36.4 Å². The number of hydrogen-bond donors (Lipinski definition) is 2. The Kier molecular flexibility index (Phi) is 4.20. The first-order valence-electron chi connectivity index (χ1n) is 5.22. The molecule has 2 N–H and O–H groups in total. The van der Waals surface area contributed by atoms with Crippen LogP contribution in [0.25, 0.3) is 0 Å². The van der Waals surface area contributed by atoms with Gasteiger partial charge in [-0.3, -0.25) is 4.79 Å². The van der Waals surface area contributed by atoms with Crippen LogP contribution in [0.5, 0.6) is 5.75 Å². The highest BCUT2D eigenvalue weighted by molar-refractivity contribution is 6.42.